The molecule has 0 spiro atoms. The highest BCUT2D eigenvalue weighted by Crippen LogP contribution is 2.70. The quantitative estimate of drug-likeness (QED) is 0.434. The van der Waals surface area contributed by atoms with Gasteiger partial charge in [0.1, 0.15) is 0 Å². The maximum atomic E-state index is 11.3. The molecule has 4 N–H and O–H groups in total. The number of aliphatic hydroxyl groups is 1. The van der Waals surface area contributed by atoms with Crippen LogP contribution < -0.4 is 5.32 Å². The molecule has 2 aromatic rings. The first kappa shape index (κ1) is 17.1. The summed E-state index contributed by atoms with van der Waals surface area (Å²) in [5, 5.41) is 12.8. The van der Waals surface area contributed by atoms with Crippen LogP contribution >= 0.6 is 19.4 Å². The van der Waals surface area contributed by atoms with Crippen molar-refractivity contribution in [2.45, 2.75) is 25.0 Å². The highest BCUT2D eigenvalue weighted by Gasteiger charge is 2.69. The second-order valence-electron chi connectivity index (χ2n) is 6.50. The largest absolute Gasteiger partial charge is 0.469 e. The highest BCUT2D eigenvalue weighted by atomic mass is 35.5. The molecule has 2 aromatic heterocycles. The van der Waals surface area contributed by atoms with Gasteiger partial charge in [0.15, 0.2) is 17.0 Å². The predicted molar refractivity (Wildman–Crippen MR) is 88.1 cm³/mol. The number of fused-ring (bicyclic) bond motifs is 2. The molecule has 0 radical (unpaired) electrons. The molecule has 0 amide bonds. The van der Waals surface area contributed by atoms with Crippen molar-refractivity contribution in [1.82, 2.24) is 19.5 Å². The lowest BCUT2D eigenvalue weighted by atomic mass is 10.0. The van der Waals surface area contributed by atoms with E-state index in [1.54, 1.807) is 13.4 Å². The first-order valence-corrected chi connectivity index (χ1v) is 9.62. The Balaban J connectivity index is 1.73. The van der Waals surface area contributed by atoms with Gasteiger partial charge in [-0.15, -0.1) is 0 Å². The van der Waals surface area contributed by atoms with Gasteiger partial charge in [0.05, 0.1) is 19.0 Å². The average molecular weight is 390 g/mol. The van der Waals surface area contributed by atoms with Gasteiger partial charge < -0.3 is 24.8 Å². The second kappa shape index (κ2) is 5.60. The van der Waals surface area contributed by atoms with Crippen molar-refractivity contribution < 1.29 is 24.0 Å². The zero-order valence-electron chi connectivity index (χ0n) is 13.2. The second-order valence-corrected chi connectivity index (χ2v) is 8.03. The first-order chi connectivity index (χ1) is 11.8. The minimum Gasteiger partial charge on any atom is -0.396 e. The van der Waals surface area contributed by atoms with E-state index in [1.165, 1.54) is 0 Å². The molecule has 2 saturated carbocycles. The van der Waals surface area contributed by atoms with Crippen molar-refractivity contribution in [2.24, 2.45) is 11.3 Å². The van der Waals surface area contributed by atoms with Gasteiger partial charge in [-0.25, -0.2) is 9.55 Å². The van der Waals surface area contributed by atoms with E-state index in [4.69, 9.17) is 25.9 Å². The molecule has 2 aliphatic rings. The van der Waals surface area contributed by atoms with Crippen molar-refractivity contribution in [3.8, 4) is 0 Å². The molecular weight excluding hydrogens is 373 g/mol. The van der Waals surface area contributed by atoms with Gasteiger partial charge in [0.2, 0.25) is 5.28 Å². The number of hydrogen-bond donors (Lipinski definition) is 4. The van der Waals surface area contributed by atoms with Crippen LogP contribution in [0, 0.1) is 11.3 Å². The number of rotatable bonds is 5. The van der Waals surface area contributed by atoms with Crippen LogP contribution in [0.5, 0.6) is 0 Å². The summed E-state index contributed by atoms with van der Waals surface area (Å²) in [6.07, 6.45) is 1.85. The van der Waals surface area contributed by atoms with E-state index in [1.807, 2.05) is 4.57 Å². The molecule has 136 valence electrons. The first-order valence-electron chi connectivity index (χ1n) is 7.71. The number of aromatic nitrogens is 4. The Kier molecular flexibility index (Phi) is 3.84. The van der Waals surface area contributed by atoms with E-state index in [0.717, 1.165) is 0 Å². The standard InChI is InChI=1S/C13H17ClN5O5P/c1-15-10-9-11(18-12(14)17-10)19(5-16-9)7-2-8(24-25(21,22)23)13(4-20)3-6(7)13/h5-8,20H,2-4H2,1H3,(H,15,17,18)(H2,21,22,23)/t6-,7+,8+,13+/m1/s1. The Morgan fingerprint density at radius 3 is 2.92 bits per heavy atom. The third-order valence-electron chi connectivity index (χ3n) is 5.29. The van der Waals surface area contributed by atoms with Crippen LogP contribution in [-0.2, 0) is 9.09 Å². The van der Waals surface area contributed by atoms with Gasteiger partial charge >= 0.3 is 7.82 Å². The van der Waals surface area contributed by atoms with Gasteiger partial charge in [-0.3, -0.25) is 4.52 Å². The van der Waals surface area contributed by atoms with Crippen LogP contribution in [0.1, 0.15) is 18.9 Å². The fourth-order valence-electron chi connectivity index (χ4n) is 4.07. The number of aliphatic hydroxyl groups excluding tert-OH is 1. The minimum atomic E-state index is -4.65. The van der Waals surface area contributed by atoms with Crippen LogP contribution in [0.3, 0.4) is 0 Å². The van der Waals surface area contributed by atoms with Crippen LogP contribution in [0.4, 0.5) is 5.82 Å². The molecule has 4 atom stereocenters. The maximum absolute atomic E-state index is 11.3. The lowest BCUT2D eigenvalue weighted by Gasteiger charge is -2.22. The van der Waals surface area contributed by atoms with Crippen LogP contribution in [0.15, 0.2) is 6.33 Å². The van der Waals surface area contributed by atoms with Crippen molar-refractivity contribution in [3.05, 3.63) is 11.6 Å². The minimum absolute atomic E-state index is 0.0261. The van der Waals surface area contributed by atoms with Gasteiger partial charge in [-0.2, -0.15) is 9.97 Å². The molecule has 10 nitrogen and oxygen atoms in total. The van der Waals surface area contributed by atoms with Gasteiger partial charge in [-0.1, -0.05) is 0 Å². The van der Waals surface area contributed by atoms with E-state index in [2.05, 4.69) is 20.3 Å². The fraction of sp³-hybridized carbons (Fsp3) is 0.615. The van der Waals surface area contributed by atoms with Crippen molar-refractivity contribution in [1.29, 1.82) is 0 Å². The van der Waals surface area contributed by atoms with Gasteiger partial charge in [-0.05, 0) is 30.4 Å². The lowest BCUT2D eigenvalue weighted by Crippen LogP contribution is -2.25. The summed E-state index contributed by atoms with van der Waals surface area (Å²) in [4.78, 5) is 31.0. The molecule has 0 bridgehead atoms. The molecular formula is C13H17ClN5O5P. The van der Waals surface area contributed by atoms with Crippen molar-refractivity contribution in [2.75, 3.05) is 19.0 Å². The summed E-state index contributed by atoms with van der Waals surface area (Å²) in [7, 11) is -2.94. The summed E-state index contributed by atoms with van der Waals surface area (Å²) < 4.78 is 18.1. The summed E-state index contributed by atoms with van der Waals surface area (Å²) in [6.45, 7) is -0.191. The van der Waals surface area contributed by atoms with E-state index < -0.39 is 19.3 Å². The summed E-state index contributed by atoms with van der Waals surface area (Å²) in [6, 6.07) is -0.149. The molecule has 25 heavy (non-hydrogen) atoms. The zero-order chi connectivity index (χ0) is 18.0. The Labute approximate surface area is 147 Å². The normalized spacial score (nSPS) is 31.3. The average Bonchev–Trinajstić information content (AvgIpc) is 3.03. The van der Waals surface area contributed by atoms with E-state index in [-0.39, 0.29) is 23.9 Å². The predicted octanol–water partition coefficient (Wildman–Crippen LogP) is 0.943. The lowest BCUT2D eigenvalue weighted by molar-refractivity contribution is 0.0521. The third kappa shape index (κ3) is 2.64. The summed E-state index contributed by atoms with van der Waals surface area (Å²) >= 11 is 5.98. The zero-order valence-corrected chi connectivity index (χ0v) is 14.9. The Morgan fingerprint density at radius 1 is 1.52 bits per heavy atom. The summed E-state index contributed by atoms with van der Waals surface area (Å²) in [5.41, 5.74) is 0.455. The number of hydrogen-bond acceptors (Lipinski definition) is 7. The van der Waals surface area contributed by atoms with Crippen molar-refractivity contribution >= 4 is 36.4 Å². The molecule has 0 aromatic carbocycles. The van der Waals surface area contributed by atoms with Crippen LogP contribution in [0.25, 0.3) is 11.2 Å². The number of imidazole rings is 1. The molecule has 0 aliphatic heterocycles. The van der Waals surface area contributed by atoms with Gasteiger partial charge in [0.25, 0.3) is 0 Å². The van der Waals surface area contributed by atoms with Crippen LogP contribution in [0.2, 0.25) is 5.28 Å². The third-order valence-corrected chi connectivity index (χ3v) is 5.98. The molecule has 2 heterocycles. The Hall–Kier alpha value is -1.29. The number of anilines is 1. The molecule has 2 fully saturated rings. The Morgan fingerprint density at radius 2 is 2.28 bits per heavy atom. The molecule has 0 unspecified atom stereocenters. The molecule has 2 aliphatic carbocycles. The van der Waals surface area contributed by atoms with Crippen molar-refractivity contribution in [3.63, 3.8) is 0 Å². The SMILES string of the molecule is CNc1nc(Cl)nc2c1ncn2[C@H]1C[C@H](OP(=O)(O)O)[C@]2(CO)C[C@H]12. The smallest absolute Gasteiger partial charge is 0.396 e. The van der Waals surface area contributed by atoms with E-state index >= 15 is 0 Å². The number of halogens is 1. The van der Waals surface area contributed by atoms with Gasteiger partial charge in [0, 0.05) is 18.5 Å². The number of phosphoric ester groups is 1. The monoisotopic (exact) mass is 389 g/mol. The summed E-state index contributed by atoms with van der Waals surface area (Å²) in [5.74, 6) is 0.525. The molecule has 4 rings (SSSR count). The Bertz CT molecular complexity index is 887. The number of nitrogens with one attached hydrogen (secondary N) is 1. The van der Waals surface area contributed by atoms with Crippen LogP contribution in [-0.4, -0.2) is 54.2 Å². The molecule has 0 saturated heterocycles. The van der Waals surface area contributed by atoms with E-state index in [0.29, 0.717) is 29.8 Å². The highest BCUT2D eigenvalue weighted by molar-refractivity contribution is 7.46. The number of nitrogens with zero attached hydrogens (tertiary/aromatic N) is 4. The van der Waals surface area contributed by atoms with E-state index in [9.17, 15) is 9.67 Å². The topological polar surface area (TPSA) is 143 Å². The maximum Gasteiger partial charge on any atom is 0.469 e. The number of phosphoric acid groups is 1. The fourth-order valence-corrected chi connectivity index (χ4v) is 4.86. The molecule has 12 heteroatoms.